The third-order valence-electron chi connectivity index (χ3n) is 2.95. The van der Waals surface area contributed by atoms with Crippen LogP contribution in [0.2, 0.25) is 0 Å². The molecule has 2 unspecified atom stereocenters. The van der Waals surface area contributed by atoms with Gasteiger partial charge in [0.25, 0.3) is 5.69 Å². The highest BCUT2D eigenvalue weighted by molar-refractivity contribution is 7.91. The van der Waals surface area contributed by atoms with Gasteiger partial charge in [-0.2, -0.15) is 0 Å². The lowest BCUT2D eigenvalue weighted by Gasteiger charge is -2.17. The Labute approximate surface area is 131 Å². The van der Waals surface area contributed by atoms with Crippen LogP contribution in [0.4, 0.5) is 11.4 Å². The van der Waals surface area contributed by atoms with Gasteiger partial charge >= 0.3 is 0 Å². The van der Waals surface area contributed by atoms with Crippen LogP contribution in [0, 0.1) is 10.1 Å². The normalized spacial score (nSPS) is 23.5. The van der Waals surface area contributed by atoms with E-state index in [9.17, 15) is 18.5 Å². The van der Waals surface area contributed by atoms with Crippen LogP contribution in [0.25, 0.3) is 0 Å². The number of thiocarbonyl (C=S) groups is 1. The fourth-order valence-corrected chi connectivity index (χ4v) is 4.81. The number of nitro groups is 1. The van der Waals surface area contributed by atoms with E-state index >= 15 is 0 Å². The van der Waals surface area contributed by atoms with Crippen LogP contribution in [0.1, 0.15) is 0 Å². The average Bonchev–Trinajstić information content (AvgIpc) is 2.62. The smallest absolute Gasteiger partial charge is 0.292 e. The summed E-state index contributed by atoms with van der Waals surface area (Å²) in [6.45, 7) is 0. The Kier molecular flexibility index (Phi) is 4.64. The minimum atomic E-state index is -3.17. The van der Waals surface area contributed by atoms with Gasteiger partial charge in [0.05, 0.1) is 27.8 Å². The van der Waals surface area contributed by atoms with Crippen molar-refractivity contribution in [1.82, 2.24) is 5.32 Å². The van der Waals surface area contributed by atoms with Crippen LogP contribution in [0.3, 0.4) is 0 Å². The van der Waals surface area contributed by atoms with Gasteiger partial charge in [-0.1, -0.05) is 12.1 Å². The van der Waals surface area contributed by atoms with E-state index in [1.807, 2.05) is 0 Å². The summed E-state index contributed by atoms with van der Waals surface area (Å²) in [6.07, 6.45) is 0. The number of nitrogens with zero attached hydrogens (tertiary/aromatic N) is 1. The maximum Gasteiger partial charge on any atom is 0.292 e. The standard InChI is InChI=1S/C11H12ClN3O4S2/c12-7-5-21(18,19)6-9(7)14-11(20)13-8-3-1-2-4-10(8)15(16)17/h1-4,7,9H,5-6H2,(H2,13,14,20). The molecule has 0 spiro atoms. The molecule has 1 aromatic carbocycles. The van der Waals surface area contributed by atoms with Crippen molar-refractivity contribution in [3.63, 3.8) is 0 Å². The molecular weight excluding hydrogens is 338 g/mol. The Morgan fingerprint density at radius 3 is 2.62 bits per heavy atom. The molecule has 0 radical (unpaired) electrons. The van der Waals surface area contributed by atoms with Crippen LogP contribution in [0.15, 0.2) is 24.3 Å². The van der Waals surface area contributed by atoms with E-state index in [1.165, 1.54) is 18.2 Å². The molecule has 114 valence electrons. The van der Waals surface area contributed by atoms with E-state index in [4.69, 9.17) is 23.8 Å². The highest BCUT2D eigenvalue weighted by Crippen LogP contribution is 2.23. The average molecular weight is 350 g/mol. The number of halogens is 1. The molecule has 1 aromatic rings. The lowest BCUT2D eigenvalue weighted by molar-refractivity contribution is -0.383. The summed E-state index contributed by atoms with van der Waals surface area (Å²) in [7, 11) is -3.17. The van der Waals surface area contributed by atoms with E-state index in [0.29, 0.717) is 0 Å². The molecule has 21 heavy (non-hydrogen) atoms. The molecule has 2 N–H and O–H groups in total. The molecule has 2 atom stereocenters. The van der Waals surface area contributed by atoms with Gasteiger partial charge in [0.15, 0.2) is 14.9 Å². The highest BCUT2D eigenvalue weighted by Gasteiger charge is 2.36. The maximum atomic E-state index is 11.5. The lowest BCUT2D eigenvalue weighted by atomic mass is 10.2. The summed E-state index contributed by atoms with van der Waals surface area (Å²) >= 11 is 11.0. The molecule has 10 heteroatoms. The van der Waals surface area contributed by atoms with E-state index in [-0.39, 0.29) is 28.0 Å². The van der Waals surface area contributed by atoms with Crippen molar-refractivity contribution in [1.29, 1.82) is 0 Å². The fraction of sp³-hybridized carbons (Fsp3) is 0.364. The van der Waals surface area contributed by atoms with Gasteiger partial charge in [0.2, 0.25) is 0 Å². The number of para-hydroxylation sites is 2. The monoisotopic (exact) mass is 349 g/mol. The van der Waals surface area contributed by atoms with E-state index < -0.39 is 26.2 Å². The quantitative estimate of drug-likeness (QED) is 0.367. The Morgan fingerprint density at radius 1 is 1.38 bits per heavy atom. The van der Waals surface area contributed by atoms with E-state index in [2.05, 4.69) is 10.6 Å². The van der Waals surface area contributed by atoms with Crippen molar-refractivity contribution in [2.45, 2.75) is 11.4 Å². The van der Waals surface area contributed by atoms with Gasteiger partial charge in [-0.3, -0.25) is 10.1 Å². The highest BCUT2D eigenvalue weighted by atomic mass is 35.5. The molecule has 0 bridgehead atoms. The Hall–Kier alpha value is -1.45. The van der Waals surface area contributed by atoms with Crippen molar-refractivity contribution in [2.24, 2.45) is 0 Å². The minimum Gasteiger partial charge on any atom is -0.357 e. The number of anilines is 1. The van der Waals surface area contributed by atoms with Gasteiger partial charge < -0.3 is 10.6 Å². The van der Waals surface area contributed by atoms with Crippen LogP contribution in [-0.2, 0) is 9.84 Å². The first-order chi connectivity index (χ1) is 9.78. The number of alkyl halides is 1. The zero-order valence-electron chi connectivity index (χ0n) is 10.7. The largest absolute Gasteiger partial charge is 0.357 e. The van der Waals surface area contributed by atoms with Crippen LogP contribution >= 0.6 is 23.8 Å². The second kappa shape index (κ2) is 6.12. The molecule has 0 aromatic heterocycles. The molecule has 1 aliphatic rings. The SMILES string of the molecule is O=[N+]([O-])c1ccccc1NC(=S)NC1CS(=O)(=O)CC1Cl. The Bertz CT molecular complexity index is 680. The first kappa shape index (κ1) is 15.9. The second-order valence-electron chi connectivity index (χ2n) is 4.57. The van der Waals surface area contributed by atoms with Crippen molar-refractivity contribution in [2.75, 3.05) is 16.8 Å². The number of rotatable bonds is 3. The first-order valence-corrected chi connectivity index (χ1v) is 8.60. The third-order valence-corrected chi connectivity index (χ3v) is 5.54. The number of benzene rings is 1. The molecule has 1 fully saturated rings. The van der Waals surface area contributed by atoms with Gasteiger partial charge in [0, 0.05) is 6.07 Å². The van der Waals surface area contributed by atoms with Crippen LogP contribution in [0.5, 0.6) is 0 Å². The lowest BCUT2D eigenvalue weighted by Crippen LogP contribution is -2.42. The van der Waals surface area contributed by atoms with Crippen molar-refractivity contribution >= 4 is 50.1 Å². The summed E-state index contributed by atoms with van der Waals surface area (Å²) in [6, 6.07) is 5.50. The predicted molar refractivity (Wildman–Crippen MR) is 84.5 cm³/mol. The van der Waals surface area contributed by atoms with Gasteiger partial charge in [-0.15, -0.1) is 11.6 Å². The summed E-state index contributed by atoms with van der Waals surface area (Å²) in [5, 5.41) is 15.9. The summed E-state index contributed by atoms with van der Waals surface area (Å²) in [4.78, 5) is 10.4. The number of hydrogen-bond donors (Lipinski definition) is 2. The number of hydrogen-bond acceptors (Lipinski definition) is 5. The molecular formula is C11H12ClN3O4S2. The minimum absolute atomic E-state index is 0.0945. The van der Waals surface area contributed by atoms with Gasteiger partial charge in [-0.05, 0) is 18.3 Å². The molecule has 7 nitrogen and oxygen atoms in total. The molecule has 1 aliphatic heterocycles. The van der Waals surface area contributed by atoms with Crippen molar-refractivity contribution in [3.8, 4) is 0 Å². The number of nitrogens with one attached hydrogen (secondary N) is 2. The molecule has 0 aliphatic carbocycles. The van der Waals surface area contributed by atoms with Crippen molar-refractivity contribution in [3.05, 3.63) is 34.4 Å². The van der Waals surface area contributed by atoms with Crippen LogP contribution < -0.4 is 10.6 Å². The van der Waals surface area contributed by atoms with E-state index in [0.717, 1.165) is 0 Å². The summed E-state index contributed by atoms with van der Waals surface area (Å²) in [5.74, 6) is -0.222. The zero-order valence-corrected chi connectivity index (χ0v) is 13.0. The zero-order chi connectivity index (χ0) is 15.6. The summed E-state index contributed by atoms with van der Waals surface area (Å²) < 4.78 is 22.9. The maximum absolute atomic E-state index is 11.5. The molecule has 2 rings (SSSR count). The Balaban J connectivity index is 2.05. The van der Waals surface area contributed by atoms with E-state index in [1.54, 1.807) is 6.07 Å². The van der Waals surface area contributed by atoms with Crippen molar-refractivity contribution < 1.29 is 13.3 Å². The molecule has 0 saturated carbocycles. The fourth-order valence-electron chi connectivity index (χ4n) is 2.00. The predicted octanol–water partition coefficient (Wildman–Crippen LogP) is 1.29. The molecule has 0 amide bonds. The second-order valence-corrected chi connectivity index (χ2v) is 7.69. The Morgan fingerprint density at radius 2 is 2.05 bits per heavy atom. The van der Waals surface area contributed by atoms with Gasteiger partial charge in [0.1, 0.15) is 5.69 Å². The third kappa shape index (κ3) is 4.02. The number of nitro benzene ring substituents is 1. The molecule has 1 saturated heterocycles. The van der Waals surface area contributed by atoms with Crippen LogP contribution in [-0.4, -0.2) is 41.4 Å². The number of sulfone groups is 1. The summed E-state index contributed by atoms with van der Waals surface area (Å²) in [5.41, 5.74) is 0.107. The van der Waals surface area contributed by atoms with Gasteiger partial charge in [-0.25, -0.2) is 8.42 Å². The topological polar surface area (TPSA) is 101 Å². The molecule has 1 heterocycles. The first-order valence-electron chi connectivity index (χ1n) is 5.94.